The maximum absolute atomic E-state index is 11.8. The first-order valence-electron chi connectivity index (χ1n) is 7.14. The fraction of sp³-hybridized carbons (Fsp3) is 0.533. The van der Waals surface area contributed by atoms with Crippen molar-refractivity contribution < 1.29 is 4.79 Å². The highest BCUT2D eigenvalue weighted by Crippen LogP contribution is 2.13. The zero-order valence-corrected chi connectivity index (χ0v) is 12.6. The van der Waals surface area contributed by atoms with E-state index >= 15 is 0 Å². The van der Waals surface area contributed by atoms with E-state index in [-0.39, 0.29) is 5.91 Å². The van der Waals surface area contributed by atoms with Gasteiger partial charge in [0, 0.05) is 23.3 Å². The van der Waals surface area contributed by atoms with Crippen molar-refractivity contribution in [3.63, 3.8) is 0 Å². The molecule has 110 valence electrons. The van der Waals surface area contributed by atoms with Crippen LogP contribution in [-0.4, -0.2) is 43.0 Å². The highest BCUT2D eigenvalue weighted by atomic mass is 35.5. The third-order valence-corrected chi connectivity index (χ3v) is 3.72. The first kappa shape index (κ1) is 15.3. The molecule has 1 atom stereocenters. The Labute approximate surface area is 125 Å². The van der Waals surface area contributed by atoms with Crippen molar-refractivity contribution >= 4 is 23.2 Å². The van der Waals surface area contributed by atoms with Gasteiger partial charge in [-0.1, -0.05) is 11.6 Å². The van der Waals surface area contributed by atoms with Crippen LogP contribution in [0.15, 0.2) is 24.3 Å². The van der Waals surface area contributed by atoms with Gasteiger partial charge in [0.2, 0.25) is 5.91 Å². The lowest BCUT2D eigenvalue weighted by Gasteiger charge is -2.21. The molecule has 1 fully saturated rings. The Balaban J connectivity index is 1.67. The Morgan fingerprint density at radius 3 is 2.60 bits per heavy atom. The first-order chi connectivity index (χ1) is 9.63. The van der Waals surface area contributed by atoms with Crippen molar-refractivity contribution in [3.8, 4) is 0 Å². The van der Waals surface area contributed by atoms with E-state index in [1.807, 2.05) is 0 Å². The minimum absolute atomic E-state index is 0.0272. The molecule has 0 aliphatic carbocycles. The van der Waals surface area contributed by atoms with Crippen LogP contribution in [0, 0.1) is 0 Å². The molecule has 1 saturated heterocycles. The zero-order chi connectivity index (χ0) is 14.4. The highest BCUT2D eigenvalue weighted by Gasteiger charge is 2.14. The van der Waals surface area contributed by atoms with Gasteiger partial charge in [-0.05, 0) is 57.1 Å². The summed E-state index contributed by atoms with van der Waals surface area (Å²) in [5, 5.41) is 6.77. The van der Waals surface area contributed by atoms with Crippen LogP contribution in [0.2, 0.25) is 5.02 Å². The fourth-order valence-corrected chi connectivity index (χ4v) is 2.55. The molecule has 2 rings (SSSR count). The van der Waals surface area contributed by atoms with Gasteiger partial charge >= 0.3 is 0 Å². The van der Waals surface area contributed by atoms with E-state index in [0.29, 0.717) is 17.6 Å². The lowest BCUT2D eigenvalue weighted by Crippen LogP contribution is -2.41. The van der Waals surface area contributed by atoms with E-state index in [9.17, 15) is 4.79 Å². The van der Waals surface area contributed by atoms with Crippen molar-refractivity contribution in [2.24, 2.45) is 0 Å². The molecule has 0 spiro atoms. The van der Waals surface area contributed by atoms with Gasteiger partial charge in [-0.25, -0.2) is 0 Å². The van der Waals surface area contributed by atoms with Crippen LogP contribution in [0.25, 0.3) is 0 Å². The number of carbonyl (C=O) groups excluding carboxylic acids is 1. The van der Waals surface area contributed by atoms with Crippen LogP contribution in [0.4, 0.5) is 5.69 Å². The van der Waals surface area contributed by atoms with Gasteiger partial charge in [0.1, 0.15) is 0 Å². The summed E-state index contributed by atoms with van der Waals surface area (Å²) in [7, 11) is 0. The van der Waals surface area contributed by atoms with Gasteiger partial charge in [0.05, 0.1) is 6.54 Å². The zero-order valence-electron chi connectivity index (χ0n) is 11.9. The molecule has 20 heavy (non-hydrogen) atoms. The number of hydrogen-bond acceptors (Lipinski definition) is 3. The number of carbonyl (C=O) groups is 1. The molecule has 1 heterocycles. The topological polar surface area (TPSA) is 44.4 Å². The number of anilines is 1. The average molecular weight is 296 g/mol. The van der Waals surface area contributed by atoms with E-state index in [0.717, 1.165) is 12.2 Å². The van der Waals surface area contributed by atoms with Crippen molar-refractivity contribution in [2.45, 2.75) is 25.8 Å². The highest BCUT2D eigenvalue weighted by molar-refractivity contribution is 6.30. The molecular weight excluding hydrogens is 274 g/mol. The lowest BCUT2D eigenvalue weighted by molar-refractivity contribution is -0.115. The molecule has 5 heteroatoms. The molecule has 0 radical (unpaired) electrons. The summed E-state index contributed by atoms with van der Waals surface area (Å²) in [5.74, 6) is -0.0272. The number of halogens is 1. The van der Waals surface area contributed by atoms with Gasteiger partial charge < -0.3 is 15.5 Å². The number of amides is 1. The number of hydrogen-bond donors (Lipinski definition) is 2. The second kappa shape index (κ2) is 7.62. The molecule has 0 saturated carbocycles. The summed E-state index contributed by atoms with van der Waals surface area (Å²) in [6.45, 7) is 5.83. The lowest BCUT2D eigenvalue weighted by atomic mass is 10.3. The second-order valence-electron chi connectivity index (χ2n) is 5.34. The van der Waals surface area contributed by atoms with Crippen LogP contribution in [0.1, 0.15) is 19.8 Å². The van der Waals surface area contributed by atoms with Crippen LogP contribution in [-0.2, 0) is 4.79 Å². The summed E-state index contributed by atoms with van der Waals surface area (Å²) in [6, 6.07) is 7.45. The van der Waals surface area contributed by atoms with Crippen LogP contribution in [0.3, 0.4) is 0 Å². The van der Waals surface area contributed by atoms with E-state index in [1.165, 1.54) is 25.9 Å². The molecule has 0 bridgehead atoms. The third-order valence-electron chi connectivity index (χ3n) is 3.47. The van der Waals surface area contributed by atoms with Crippen molar-refractivity contribution in [2.75, 3.05) is 31.5 Å². The van der Waals surface area contributed by atoms with Gasteiger partial charge in [-0.3, -0.25) is 4.79 Å². The minimum atomic E-state index is -0.0272. The van der Waals surface area contributed by atoms with E-state index in [1.54, 1.807) is 24.3 Å². The quantitative estimate of drug-likeness (QED) is 0.847. The molecule has 1 aromatic rings. The molecule has 1 aliphatic rings. The summed E-state index contributed by atoms with van der Waals surface area (Å²) in [6.07, 6.45) is 2.59. The molecule has 1 aliphatic heterocycles. The van der Waals surface area contributed by atoms with E-state index in [4.69, 9.17) is 11.6 Å². The predicted molar refractivity (Wildman–Crippen MR) is 83.2 cm³/mol. The summed E-state index contributed by atoms with van der Waals surface area (Å²) in [5.41, 5.74) is 0.772. The number of rotatable bonds is 6. The van der Waals surface area contributed by atoms with Crippen molar-refractivity contribution in [1.82, 2.24) is 10.2 Å². The molecular formula is C15H22ClN3O. The molecule has 0 aromatic heterocycles. The molecule has 4 nitrogen and oxygen atoms in total. The monoisotopic (exact) mass is 295 g/mol. The Hall–Kier alpha value is -1.10. The fourth-order valence-electron chi connectivity index (χ4n) is 2.42. The summed E-state index contributed by atoms with van der Waals surface area (Å²) >= 11 is 5.80. The smallest absolute Gasteiger partial charge is 0.238 e. The molecule has 1 aromatic carbocycles. The number of likely N-dealkylation sites (tertiary alicyclic amines) is 1. The first-order valence-corrected chi connectivity index (χ1v) is 7.52. The van der Waals surface area contributed by atoms with Crippen LogP contribution in [0.5, 0.6) is 0 Å². The Bertz CT molecular complexity index is 429. The maximum Gasteiger partial charge on any atom is 0.238 e. The Morgan fingerprint density at radius 2 is 1.95 bits per heavy atom. The van der Waals surface area contributed by atoms with E-state index in [2.05, 4.69) is 22.5 Å². The maximum atomic E-state index is 11.8. The number of nitrogens with zero attached hydrogens (tertiary/aromatic N) is 1. The molecule has 1 amide bonds. The van der Waals surface area contributed by atoms with Gasteiger partial charge in [-0.15, -0.1) is 0 Å². The Morgan fingerprint density at radius 1 is 1.30 bits per heavy atom. The summed E-state index contributed by atoms with van der Waals surface area (Å²) in [4.78, 5) is 14.3. The molecule has 1 unspecified atom stereocenters. The average Bonchev–Trinajstić information content (AvgIpc) is 2.92. The van der Waals surface area contributed by atoms with Gasteiger partial charge in [0.25, 0.3) is 0 Å². The minimum Gasteiger partial charge on any atom is -0.325 e. The van der Waals surface area contributed by atoms with E-state index < -0.39 is 0 Å². The van der Waals surface area contributed by atoms with Gasteiger partial charge in [0.15, 0.2) is 0 Å². The largest absolute Gasteiger partial charge is 0.325 e. The van der Waals surface area contributed by atoms with Crippen LogP contribution >= 0.6 is 11.6 Å². The van der Waals surface area contributed by atoms with Crippen molar-refractivity contribution in [1.29, 1.82) is 0 Å². The van der Waals surface area contributed by atoms with Crippen LogP contribution < -0.4 is 10.6 Å². The summed E-state index contributed by atoms with van der Waals surface area (Å²) < 4.78 is 0. The molecule has 2 N–H and O–H groups in total. The van der Waals surface area contributed by atoms with Gasteiger partial charge in [-0.2, -0.15) is 0 Å². The van der Waals surface area contributed by atoms with Crippen molar-refractivity contribution in [3.05, 3.63) is 29.3 Å². The third kappa shape index (κ3) is 5.12. The SMILES string of the molecule is CC(CN1CCCC1)NCC(=O)Nc1ccc(Cl)cc1. The Kier molecular flexibility index (Phi) is 5.83. The normalized spacial score (nSPS) is 17.1. The number of nitrogens with one attached hydrogen (secondary N) is 2. The predicted octanol–water partition coefficient (Wildman–Crippen LogP) is 2.35. The number of benzene rings is 1. The second-order valence-corrected chi connectivity index (χ2v) is 5.78. The standard InChI is InChI=1S/C15H22ClN3O/c1-12(11-19-8-2-3-9-19)17-10-15(20)18-14-6-4-13(16)5-7-14/h4-7,12,17H,2-3,8-11H2,1H3,(H,18,20).